The molecule has 1 aliphatic heterocycles. The molecule has 0 saturated carbocycles. The Kier molecular flexibility index (Phi) is 4.69. The van der Waals surface area contributed by atoms with E-state index in [1.165, 1.54) is 18.5 Å². The summed E-state index contributed by atoms with van der Waals surface area (Å²) in [7, 11) is 1.71. The number of methoxy groups -OCH3 is 1. The van der Waals surface area contributed by atoms with Crippen LogP contribution in [0.1, 0.15) is 18.4 Å². The molecule has 1 heterocycles. The highest BCUT2D eigenvalue weighted by Gasteiger charge is 2.17. The van der Waals surface area contributed by atoms with Gasteiger partial charge in [-0.05, 0) is 43.5 Å². The zero-order valence-electron chi connectivity index (χ0n) is 10.4. The molecular weight excluding hydrogens is 234 g/mol. The van der Waals surface area contributed by atoms with E-state index in [4.69, 9.17) is 16.3 Å². The van der Waals surface area contributed by atoms with Crippen LogP contribution in [-0.2, 0) is 6.42 Å². The van der Waals surface area contributed by atoms with E-state index in [0.717, 1.165) is 31.7 Å². The van der Waals surface area contributed by atoms with Gasteiger partial charge >= 0.3 is 0 Å². The van der Waals surface area contributed by atoms with Gasteiger partial charge in [0, 0.05) is 18.5 Å². The molecular formula is C14H20ClNO. The van der Waals surface area contributed by atoms with Crippen molar-refractivity contribution >= 4 is 11.6 Å². The molecule has 0 amide bonds. The minimum Gasteiger partial charge on any atom is -0.497 e. The average molecular weight is 254 g/mol. The van der Waals surface area contributed by atoms with Crippen LogP contribution in [0.3, 0.4) is 0 Å². The maximum Gasteiger partial charge on any atom is 0.119 e. The van der Waals surface area contributed by atoms with Crippen LogP contribution in [0, 0.1) is 0 Å². The molecule has 2 nitrogen and oxygen atoms in total. The second-order valence-electron chi connectivity index (χ2n) is 4.64. The van der Waals surface area contributed by atoms with E-state index in [1.807, 2.05) is 6.07 Å². The summed E-state index contributed by atoms with van der Waals surface area (Å²) >= 11 is 6.18. The van der Waals surface area contributed by atoms with Gasteiger partial charge in [0.25, 0.3) is 0 Å². The van der Waals surface area contributed by atoms with Gasteiger partial charge in [0.15, 0.2) is 0 Å². The first-order chi connectivity index (χ1) is 8.28. The van der Waals surface area contributed by atoms with Crippen molar-refractivity contribution in [2.45, 2.75) is 24.6 Å². The number of nitrogens with zero attached hydrogens (tertiary/aromatic N) is 1. The molecule has 94 valence electrons. The molecule has 0 N–H and O–H groups in total. The van der Waals surface area contributed by atoms with Gasteiger partial charge in [-0.25, -0.2) is 0 Å². The molecule has 0 aliphatic carbocycles. The Hall–Kier alpha value is -0.730. The molecule has 0 bridgehead atoms. The van der Waals surface area contributed by atoms with E-state index in [1.54, 1.807) is 7.11 Å². The largest absolute Gasteiger partial charge is 0.497 e. The molecule has 1 unspecified atom stereocenters. The van der Waals surface area contributed by atoms with Gasteiger partial charge in [0.1, 0.15) is 5.75 Å². The number of halogens is 1. The number of hydrogen-bond donors (Lipinski definition) is 0. The smallest absolute Gasteiger partial charge is 0.119 e. The molecule has 0 radical (unpaired) electrons. The molecule has 1 saturated heterocycles. The van der Waals surface area contributed by atoms with Crippen LogP contribution in [0.25, 0.3) is 0 Å². The number of ether oxygens (including phenoxy) is 1. The second-order valence-corrected chi connectivity index (χ2v) is 5.26. The highest BCUT2D eigenvalue weighted by molar-refractivity contribution is 6.20. The van der Waals surface area contributed by atoms with Crippen LogP contribution < -0.4 is 4.74 Å². The third-order valence-electron chi connectivity index (χ3n) is 3.30. The Bertz CT molecular complexity index is 356. The van der Waals surface area contributed by atoms with Gasteiger partial charge in [-0.2, -0.15) is 0 Å². The third-order valence-corrected chi connectivity index (χ3v) is 3.66. The van der Waals surface area contributed by atoms with Gasteiger partial charge in [-0.3, -0.25) is 0 Å². The van der Waals surface area contributed by atoms with E-state index in [0.29, 0.717) is 5.38 Å². The summed E-state index contributed by atoms with van der Waals surface area (Å²) in [6.45, 7) is 3.31. The summed E-state index contributed by atoms with van der Waals surface area (Å²) in [5, 5.41) is 0.342. The standard InChI is InChI=1S/C14H20ClNO/c1-17-14-6-2-4-12(10-14)7-9-16-8-3-5-13(15)11-16/h2,4,6,10,13H,3,5,7-9,11H2,1H3. The zero-order valence-corrected chi connectivity index (χ0v) is 11.1. The third kappa shape index (κ3) is 3.90. The van der Waals surface area contributed by atoms with Crippen molar-refractivity contribution in [3.63, 3.8) is 0 Å². The Morgan fingerprint density at radius 2 is 2.35 bits per heavy atom. The summed E-state index contributed by atoms with van der Waals surface area (Å²) in [6.07, 6.45) is 3.46. The lowest BCUT2D eigenvalue weighted by molar-refractivity contribution is 0.234. The topological polar surface area (TPSA) is 12.5 Å². The fourth-order valence-electron chi connectivity index (χ4n) is 2.32. The fraction of sp³-hybridized carbons (Fsp3) is 0.571. The van der Waals surface area contributed by atoms with Gasteiger partial charge in [-0.15, -0.1) is 11.6 Å². The predicted molar refractivity (Wildman–Crippen MR) is 72.0 cm³/mol. The van der Waals surface area contributed by atoms with Crippen LogP contribution in [0.4, 0.5) is 0 Å². The van der Waals surface area contributed by atoms with Crippen molar-refractivity contribution in [3.8, 4) is 5.75 Å². The highest BCUT2D eigenvalue weighted by Crippen LogP contribution is 2.17. The van der Waals surface area contributed by atoms with Gasteiger partial charge in [-0.1, -0.05) is 12.1 Å². The normalized spacial score (nSPS) is 21.4. The lowest BCUT2D eigenvalue weighted by Gasteiger charge is -2.29. The molecule has 3 heteroatoms. The summed E-state index contributed by atoms with van der Waals surface area (Å²) in [4.78, 5) is 2.46. The maximum absolute atomic E-state index is 6.18. The van der Waals surface area contributed by atoms with Crippen molar-refractivity contribution in [1.29, 1.82) is 0 Å². The van der Waals surface area contributed by atoms with Crippen molar-refractivity contribution in [3.05, 3.63) is 29.8 Å². The first-order valence-electron chi connectivity index (χ1n) is 6.27. The summed E-state index contributed by atoms with van der Waals surface area (Å²) in [5.74, 6) is 0.941. The highest BCUT2D eigenvalue weighted by atomic mass is 35.5. The second kappa shape index (κ2) is 6.27. The lowest BCUT2D eigenvalue weighted by Crippen LogP contribution is -2.37. The van der Waals surface area contributed by atoms with E-state index in [2.05, 4.69) is 23.1 Å². The number of benzene rings is 1. The van der Waals surface area contributed by atoms with Crippen molar-refractivity contribution in [2.24, 2.45) is 0 Å². The van der Waals surface area contributed by atoms with E-state index in [-0.39, 0.29) is 0 Å². The number of rotatable bonds is 4. The minimum absolute atomic E-state index is 0.342. The van der Waals surface area contributed by atoms with Crippen molar-refractivity contribution < 1.29 is 4.74 Å². The maximum atomic E-state index is 6.18. The van der Waals surface area contributed by atoms with Crippen LogP contribution in [0.5, 0.6) is 5.75 Å². The molecule has 0 aromatic heterocycles. The average Bonchev–Trinajstić information content (AvgIpc) is 2.37. The van der Waals surface area contributed by atoms with Crippen LogP contribution in [-0.4, -0.2) is 37.0 Å². The molecule has 2 rings (SSSR count). The molecule has 17 heavy (non-hydrogen) atoms. The molecule has 1 aromatic rings. The van der Waals surface area contributed by atoms with Crippen molar-refractivity contribution in [2.75, 3.05) is 26.7 Å². The number of alkyl halides is 1. The quantitative estimate of drug-likeness (QED) is 0.765. The fourth-order valence-corrected chi connectivity index (χ4v) is 2.67. The van der Waals surface area contributed by atoms with Crippen LogP contribution >= 0.6 is 11.6 Å². The molecule has 1 atom stereocenters. The van der Waals surface area contributed by atoms with Crippen LogP contribution in [0.15, 0.2) is 24.3 Å². The summed E-state index contributed by atoms with van der Waals surface area (Å²) in [5.41, 5.74) is 1.33. The zero-order chi connectivity index (χ0) is 12.1. The van der Waals surface area contributed by atoms with E-state index in [9.17, 15) is 0 Å². The van der Waals surface area contributed by atoms with Gasteiger partial charge in [0.2, 0.25) is 0 Å². The molecule has 1 fully saturated rings. The van der Waals surface area contributed by atoms with Gasteiger partial charge in [0.05, 0.1) is 7.11 Å². The van der Waals surface area contributed by atoms with Crippen molar-refractivity contribution in [1.82, 2.24) is 4.90 Å². The van der Waals surface area contributed by atoms with Gasteiger partial charge < -0.3 is 9.64 Å². The lowest BCUT2D eigenvalue weighted by atomic mass is 10.1. The molecule has 1 aromatic carbocycles. The van der Waals surface area contributed by atoms with E-state index < -0.39 is 0 Å². The van der Waals surface area contributed by atoms with E-state index >= 15 is 0 Å². The number of likely N-dealkylation sites (tertiary alicyclic amines) is 1. The first kappa shape index (κ1) is 12.7. The minimum atomic E-state index is 0.342. The Balaban J connectivity index is 1.84. The predicted octanol–water partition coefficient (Wildman–Crippen LogP) is 2.94. The Morgan fingerprint density at radius 1 is 1.47 bits per heavy atom. The first-order valence-corrected chi connectivity index (χ1v) is 6.71. The summed E-state index contributed by atoms with van der Waals surface area (Å²) in [6, 6.07) is 8.31. The Labute approximate surface area is 109 Å². The number of piperidine rings is 1. The molecule has 1 aliphatic rings. The molecule has 0 spiro atoms. The number of hydrogen-bond acceptors (Lipinski definition) is 2. The SMILES string of the molecule is COc1cccc(CCN2CCCC(Cl)C2)c1. The monoisotopic (exact) mass is 253 g/mol. The van der Waals surface area contributed by atoms with Crippen LogP contribution in [0.2, 0.25) is 0 Å². The summed E-state index contributed by atoms with van der Waals surface area (Å²) < 4.78 is 5.23. The Morgan fingerprint density at radius 3 is 3.12 bits per heavy atom.